The second kappa shape index (κ2) is 4.40. The van der Waals surface area contributed by atoms with Gasteiger partial charge in [-0.2, -0.15) is 5.10 Å². The summed E-state index contributed by atoms with van der Waals surface area (Å²) >= 11 is 1.88. The summed E-state index contributed by atoms with van der Waals surface area (Å²) in [5, 5.41) is 6.57. The van der Waals surface area contributed by atoms with Crippen molar-refractivity contribution in [3.63, 3.8) is 0 Å². The summed E-state index contributed by atoms with van der Waals surface area (Å²) in [4.78, 5) is 4.00. The van der Waals surface area contributed by atoms with Gasteiger partial charge in [0.25, 0.3) is 0 Å². The maximum Gasteiger partial charge on any atom is 0.126 e. The Balaban J connectivity index is 1.78. The Morgan fingerprint density at radius 3 is 3.06 bits per heavy atom. The van der Waals surface area contributed by atoms with Crippen LogP contribution >= 0.6 is 11.3 Å². The molecule has 0 aliphatic carbocycles. The van der Waals surface area contributed by atoms with E-state index in [9.17, 15) is 0 Å². The van der Waals surface area contributed by atoms with E-state index in [0.717, 1.165) is 37.6 Å². The predicted octanol–water partition coefficient (Wildman–Crippen LogP) is 1.93. The summed E-state index contributed by atoms with van der Waals surface area (Å²) in [6, 6.07) is 2.24. The number of rotatable bonds is 2. The summed E-state index contributed by atoms with van der Waals surface area (Å²) in [7, 11) is 1.90. The Hall–Kier alpha value is -1.33. The fraction of sp³-hybridized carbons (Fsp3) is 0.462. The summed E-state index contributed by atoms with van der Waals surface area (Å²) in [5.41, 5.74) is 9.77. The van der Waals surface area contributed by atoms with Crippen LogP contribution in [0.3, 0.4) is 0 Å². The largest absolute Gasteiger partial charge is 0.384 e. The Morgan fingerprint density at radius 1 is 1.50 bits per heavy atom. The molecule has 18 heavy (non-hydrogen) atoms. The Bertz CT molecular complexity index is 570. The highest BCUT2D eigenvalue weighted by Crippen LogP contribution is 2.26. The minimum atomic E-state index is 0.795. The highest BCUT2D eigenvalue weighted by Gasteiger charge is 2.20. The molecule has 0 saturated heterocycles. The van der Waals surface area contributed by atoms with Gasteiger partial charge in [-0.25, -0.2) is 0 Å². The molecule has 0 radical (unpaired) electrons. The number of nitrogens with two attached hydrogens (primary N) is 1. The molecule has 0 saturated carbocycles. The summed E-state index contributed by atoms with van der Waals surface area (Å²) in [5.74, 6) is 0.795. The molecule has 2 N–H and O–H groups in total. The number of aromatic nitrogens is 2. The molecule has 5 heteroatoms. The molecule has 0 fully saturated rings. The van der Waals surface area contributed by atoms with Crippen LogP contribution < -0.4 is 5.73 Å². The lowest BCUT2D eigenvalue weighted by atomic mass is 10.1. The molecule has 2 aromatic heterocycles. The maximum absolute atomic E-state index is 6.07. The second-order valence-electron chi connectivity index (χ2n) is 4.90. The van der Waals surface area contributed by atoms with Crippen molar-refractivity contribution in [1.82, 2.24) is 14.7 Å². The van der Waals surface area contributed by atoms with Crippen molar-refractivity contribution >= 4 is 17.2 Å². The van der Waals surface area contributed by atoms with E-state index in [0.29, 0.717) is 0 Å². The van der Waals surface area contributed by atoms with Crippen LogP contribution in [0.25, 0.3) is 0 Å². The van der Waals surface area contributed by atoms with Gasteiger partial charge in [-0.1, -0.05) is 0 Å². The minimum Gasteiger partial charge on any atom is -0.384 e. The lowest BCUT2D eigenvalue weighted by molar-refractivity contribution is 0.247. The number of thiophene rings is 1. The van der Waals surface area contributed by atoms with Crippen molar-refractivity contribution in [2.75, 3.05) is 12.3 Å². The number of anilines is 1. The van der Waals surface area contributed by atoms with E-state index in [1.807, 2.05) is 25.3 Å². The molecule has 0 amide bonds. The summed E-state index contributed by atoms with van der Waals surface area (Å²) in [6.45, 7) is 5.08. The third-order valence-electron chi connectivity index (χ3n) is 3.66. The quantitative estimate of drug-likeness (QED) is 0.899. The van der Waals surface area contributed by atoms with Gasteiger partial charge in [0.15, 0.2) is 0 Å². The summed E-state index contributed by atoms with van der Waals surface area (Å²) in [6.07, 6.45) is 1.16. The molecule has 96 valence electrons. The van der Waals surface area contributed by atoms with Gasteiger partial charge in [-0.3, -0.25) is 9.58 Å². The number of fused-ring (bicyclic) bond motifs is 1. The topological polar surface area (TPSA) is 47.1 Å². The molecular weight excluding hydrogens is 244 g/mol. The van der Waals surface area contributed by atoms with Crippen LogP contribution in [0.15, 0.2) is 11.4 Å². The first kappa shape index (κ1) is 11.7. The number of aryl methyl sites for hydroxylation is 2. The van der Waals surface area contributed by atoms with Gasteiger partial charge in [-0.05, 0) is 30.4 Å². The van der Waals surface area contributed by atoms with Gasteiger partial charge in [0.1, 0.15) is 5.82 Å². The summed E-state index contributed by atoms with van der Waals surface area (Å²) < 4.78 is 1.77. The van der Waals surface area contributed by atoms with Crippen molar-refractivity contribution in [2.24, 2.45) is 7.05 Å². The van der Waals surface area contributed by atoms with Crippen molar-refractivity contribution in [1.29, 1.82) is 0 Å². The molecule has 0 spiro atoms. The number of hydrogen-bond acceptors (Lipinski definition) is 4. The van der Waals surface area contributed by atoms with E-state index in [1.165, 1.54) is 11.1 Å². The van der Waals surface area contributed by atoms with Crippen molar-refractivity contribution in [3.8, 4) is 0 Å². The van der Waals surface area contributed by atoms with Crippen LogP contribution in [-0.2, 0) is 26.6 Å². The zero-order chi connectivity index (χ0) is 12.7. The van der Waals surface area contributed by atoms with Crippen molar-refractivity contribution in [2.45, 2.75) is 26.4 Å². The first-order chi connectivity index (χ1) is 8.65. The van der Waals surface area contributed by atoms with E-state index in [2.05, 4.69) is 21.4 Å². The average Bonchev–Trinajstić information content (AvgIpc) is 2.89. The van der Waals surface area contributed by atoms with Crippen molar-refractivity contribution < 1.29 is 0 Å². The first-order valence-corrected chi connectivity index (χ1v) is 7.08. The minimum absolute atomic E-state index is 0.795. The van der Waals surface area contributed by atoms with E-state index in [1.54, 1.807) is 9.56 Å². The van der Waals surface area contributed by atoms with Gasteiger partial charge in [0.05, 0.1) is 5.69 Å². The average molecular weight is 262 g/mol. The third-order valence-corrected chi connectivity index (χ3v) is 4.69. The second-order valence-corrected chi connectivity index (χ2v) is 5.90. The Labute approximate surface area is 111 Å². The molecule has 3 rings (SSSR count). The molecule has 4 nitrogen and oxygen atoms in total. The monoisotopic (exact) mass is 262 g/mol. The Morgan fingerprint density at radius 2 is 2.33 bits per heavy atom. The van der Waals surface area contributed by atoms with Crippen molar-refractivity contribution in [3.05, 3.63) is 33.1 Å². The van der Waals surface area contributed by atoms with Crippen LogP contribution in [0, 0.1) is 6.92 Å². The standard InChI is InChI=1S/C13H18N4S/c1-9-11(13(14)16(2)15-9)8-17-5-3-12-10(7-17)4-6-18-12/h4,6H,3,5,7-8,14H2,1-2H3. The maximum atomic E-state index is 6.07. The zero-order valence-corrected chi connectivity index (χ0v) is 11.6. The first-order valence-electron chi connectivity index (χ1n) is 6.20. The van der Waals surface area contributed by atoms with Crippen LogP contribution in [0.1, 0.15) is 21.7 Å². The van der Waals surface area contributed by atoms with Gasteiger partial charge in [-0.15, -0.1) is 11.3 Å². The smallest absolute Gasteiger partial charge is 0.126 e. The van der Waals surface area contributed by atoms with Gasteiger partial charge >= 0.3 is 0 Å². The van der Waals surface area contributed by atoms with E-state index in [4.69, 9.17) is 5.73 Å². The number of nitrogens with zero attached hydrogens (tertiary/aromatic N) is 3. The van der Waals surface area contributed by atoms with E-state index < -0.39 is 0 Å². The Kier molecular flexibility index (Phi) is 2.87. The fourth-order valence-corrected chi connectivity index (χ4v) is 3.47. The molecule has 0 unspecified atom stereocenters. The number of hydrogen-bond donors (Lipinski definition) is 1. The highest BCUT2D eigenvalue weighted by atomic mass is 32.1. The third kappa shape index (κ3) is 1.93. The zero-order valence-electron chi connectivity index (χ0n) is 10.8. The molecule has 0 atom stereocenters. The SMILES string of the molecule is Cc1nn(C)c(N)c1CN1CCc2sccc2C1. The molecular formula is C13H18N4S. The van der Waals surface area contributed by atoms with Gasteiger partial charge in [0.2, 0.25) is 0 Å². The van der Waals surface area contributed by atoms with Crippen LogP contribution in [0.5, 0.6) is 0 Å². The molecule has 1 aliphatic rings. The van der Waals surface area contributed by atoms with Gasteiger partial charge < -0.3 is 5.73 Å². The van der Waals surface area contributed by atoms with E-state index in [-0.39, 0.29) is 0 Å². The van der Waals surface area contributed by atoms with Crippen LogP contribution in [0.4, 0.5) is 5.82 Å². The highest BCUT2D eigenvalue weighted by molar-refractivity contribution is 7.10. The molecule has 3 heterocycles. The molecule has 2 aromatic rings. The van der Waals surface area contributed by atoms with Gasteiger partial charge in [0, 0.05) is 37.1 Å². The van der Waals surface area contributed by atoms with Crippen LogP contribution in [0.2, 0.25) is 0 Å². The predicted molar refractivity (Wildman–Crippen MR) is 74.5 cm³/mol. The molecule has 0 aromatic carbocycles. The molecule has 0 bridgehead atoms. The normalized spacial score (nSPS) is 15.9. The fourth-order valence-electron chi connectivity index (χ4n) is 2.58. The number of nitrogen functional groups attached to an aromatic ring is 1. The van der Waals surface area contributed by atoms with E-state index >= 15 is 0 Å². The molecule has 1 aliphatic heterocycles. The lowest BCUT2D eigenvalue weighted by Crippen LogP contribution is -2.29. The van der Waals surface area contributed by atoms with Crippen LogP contribution in [-0.4, -0.2) is 21.2 Å². The lowest BCUT2D eigenvalue weighted by Gasteiger charge is -2.26.